The molecule has 0 bridgehead atoms. The molecule has 0 spiro atoms. The number of carbonyl (C=O) groups is 4. The van der Waals surface area contributed by atoms with E-state index in [0.717, 1.165) is 33.2 Å². The summed E-state index contributed by atoms with van der Waals surface area (Å²) in [6.07, 6.45) is 2.54. The molecular weight excluding hydrogens is 452 g/mol. The summed E-state index contributed by atoms with van der Waals surface area (Å²) in [5.74, 6) is -1.49. The van der Waals surface area contributed by atoms with Crippen molar-refractivity contribution in [1.29, 1.82) is 0 Å². The van der Waals surface area contributed by atoms with Crippen molar-refractivity contribution in [2.45, 2.75) is 65.2 Å². The van der Waals surface area contributed by atoms with Crippen LogP contribution in [-0.2, 0) is 32.3 Å². The van der Waals surface area contributed by atoms with Crippen molar-refractivity contribution in [3.63, 3.8) is 0 Å². The van der Waals surface area contributed by atoms with Crippen molar-refractivity contribution < 1.29 is 29.4 Å². The number of hydrogen-bond acceptors (Lipinski definition) is 6. The third-order valence-electron chi connectivity index (χ3n) is 5.42. The lowest BCUT2D eigenvalue weighted by Crippen LogP contribution is -2.42. The quantitative estimate of drug-likeness (QED) is 0.499. The molecule has 0 aliphatic carbocycles. The van der Waals surface area contributed by atoms with Gasteiger partial charge in [0.25, 0.3) is 11.9 Å². The van der Waals surface area contributed by atoms with Crippen LogP contribution >= 0.6 is 0 Å². The third-order valence-corrected chi connectivity index (χ3v) is 5.42. The van der Waals surface area contributed by atoms with Gasteiger partial charge in [0.1, 0.15) is 0 Å². The number of amides is 2. The highest BCUT2D eigenvalue weighted by Gasteiger charge is 2.32. The maximum Gasteiger partial charge on any atom is 0.300 e. The highest BCUT2D eigenvalue weighted by atomic mass is 16.4. The van der Waals surface area contributed by atoms with Gasteiger partial charge in [0, 0.05) is 66.0 Å². The van der Waals surface area contributed by atoms with Crippen LogP contribution in [0.5, 0.6) is 0 Å². The minimum Gasteiger partial charge on any atom is -0.481 e. The number of likely N-dealkylation sites (tertiary alicyclic amines) is 1. The molecule has 198 valence electrons. The summed E-state index contributed by atoms with van der Waals surface area (Å²) < 4.78 is 0. The van der Waals surface area contributed by atoms with Crippen molar-refractivity contribution >= 4 is 23.8 Å². The zero-order valence-corrected chi connectivity index (χ0v) is 22.1. The van der Waals surface area contributed by atoms with Gasteiger partial charge >= 0.3 is 0 Å². The highest BCUT2D eigenvalue weighted by molar-refractivity contribution is 5.76. The van der Waals surface area contributed by atoms with E-state index in [1.54, 1.807) is 6.92 Å². The molecule has 10 nitrogen and oxygen atoms in total. The Morgan fingerprint density at radius 2 is 1.37 bits per heavy atom. The van der Waals surface area contributed by atoms with E-state index in [9.17, 15) is 9.59 Å². The monoisotopic (exact) mass is 494 g/mol. The lowest BCUT2D eigenvalue weighted by atomic mass is 10.1. The van der Waals surface area contributed by atoms with E-state index in [1.807, 2.05) is 24.1 Å². The molecule has 2 amide bonds. The molecule has 1 aromatic carbocycles. The van der Waals surface area contributed by atoms with Crippen LogP contribution < -0.4 is 5.32 Å². The first-order chi connectivity index (χ1) is 16.2. The summed E-state index contributed by atoms with van der Waals surface area (Å²) in [5.41, 5.74) is 2.46. The lowest BCUT2D eigenvalue weighted by molar-refractivity contribution is -0.135. The second-order valence-electron chi connectivity index (χ2n) is 8.99. The first-order valence-electron chi connectivity index (χ1n) is 11.5. The second-order valence-corrected chi connectivity index (χ2v) is 8.99. The molecule has 0 saturated carbocycles. The lowest BCUT2D eigenvalue weighted by Gasteiger charge is -2.27. The molecule has 1 saturated heterocycles. The Morgan fingerprint density at radius 1 is 0.914 bits per heavy atom. The molecule has 0 radical (unpaired) electrons. The Hall–Kier alpha value is -2.98. The van der Waals surface area contributed by atoms with Gasteiger partial charge in [-0.1, -0.05) is 24.3 Å². The molecular formula is C25H42N4O6. The van der Waals surface area contributed by atoms with E-state index in [4.69, 9.17) is 19.8 Å². The number of carboxylic acids is 2. The minimum absolute atomic E-state index is 0.000880. The number of likely N-dealkylation sites (N-methyl/N-ethyl adjacent to an activating group) is 1. The SMILES string of the molecule is CC(=O)NC[C@H]1CC[C@@H](CC(=O)N(C)Cc2ccccc2CN(C)C)N1C.CC(=O)O.CC(=O)O. The molecule has 10 heteroatoms. The van der Waals surface area contributed by atoms with Gasteiger partial charge in [0.15, 0.2) is 0 Å². The summed E-state index contributed by atoms with van der Waals surface area (Å²) in [5, 5.41) is 17.7. The van der Waals surface area contributed by atoms with E-state index in [2.05, 4.69) is 48.4 Å². The maximum atomic E-state index is 12.8. The van der Waals surface area contributed by atoms with E-state index in [0.29, 0.717) is 25.6 Å². The third kappa shape index (κ3) is 14.8. The molecule has 0 aromatic heterocycles. The fourth-order valence-electron chi connectivity index (χ4n) is 3.75. The smallest absolute Gasteiger partial charge is 0.300 e. The molecule has 3 N–H and O–H groups in total. The van der Waals surface area contributed by atoms with Crippen LogP contribution in [0, 0.1) is 0 Å². The van der Waals surface area contributed by atoms with Crippen LogP contribution in [0.15, 0.2) is 24.3 Å². The predicted octanol–water partition coefficient (Wildman–Crippen LogP) is 1.88. The van der Waals surface area contributed by atoms with E-state index < -0.39 is 11.9 Å². The molecule has 1 aliphatic rings. The first-order valence-corrected chi connectivity index (χ1v) is 11.5. The molecule has 35 heavy (non-hydrogen) atoms. The number of benzene rings is 1. The van der Waals surface area contributed by atoms with Crippen LogP contribution in [0.3, 0.4) is 0 Å². The van der Waals surface area contributed by atoms with E-state index in [-0.39, 0.29) is 17.9 Å². The summed E-state index contributed by atoms with van der Waals surface area (Å²) in [6.45, 7) is 5.87. The zero-order valence-electron chi connectivity index (χ0n) is 22.1. The average Bonchev–Trinajstić information content (AvgIpc) is 3.06. The Balaban J connectivity index is 0.00000126. The van der Waals surface area contributed by atoms with E-state index >= 15 is 0 Å². The van der Waals surface area contributed by atoms with Gasteiger partial charge in [-0.05, 0) is 45.1 Å². The number of carbonyl (C=O) groups excluding carboxylic acids is 2. The summed E-state index contributed by atoms with van der Waals surface area (Å²) in [6, 6.07) is 8.88. The van der Waals surface area contributed by atoms with Gasteiger partial charge in [0.05, 0.1) is 0 Å². The van der Waals surface area contributed by atoms with Crippen molar-refractivity contribution in [3.05, 3.63) is 35.4 Å². The van der Waals surface area contributed by atoms with Crippen LogP contribution in [0.25, 0.3) is 0 Å². The summed E-state index contributed by atoms with van der Waals surface area (Å²) in [7, 11) is 8.06. The predicted molar refractivity (Wildman–Crippen MR) is 135 cm³/mol. The van der Waals surface area contributed by atoms with Crippen molar-refractivity contribution in [1.82, 2.24) is 20.0 Å². The summed E-state index contributed by atoms with van der Waals surface area (Å²) >= 11 is 0. The topological polar surface area (TPSA) is 130 Å². The highest BCUT2D eigenvalue weighted by Crippen LogP contribution is 2.25. The fraction of sp³-hybridized carbons (Fsp3) is 0.600. The van der Waals surface area contributed by atoms with Crippen LogP contribution in [0.1, 0.15) is 51.2 Å². The van der Waals surface area contributed by atoms with E-state index in [1.165, 1.54) is 11.1 Å². The largest absolute Gasteiger partial charge is 0.481 e. The van der Waals surface area contributed by atoms with Crippen LogP contribution in [0.4, 0.5) is 0 Å². The Kier molecular flexibility index (Phi) is 15.2. The van der Waals surface area contributed by atoms with Gasteiger partial charge in [-0.2, -0.15) is 0 Å². The molecule has 1 aliphatic heterocycles. The van der Waals surface area contributed by atoms with Gasteiger partial charge in [-0.3, -0.25) is 24.1 Å². The molecule has 1 aromatic rings. The van der Waals surface area contributed by atoms with Crippen LogP contribution in [0.2, 0.25) is 0 Å². The van der Waals surface area contributed by atoms with Crippen molar-refractivity contribution in [2.75, 3.05) is 34.7 Å². The van der Waals surface area contributed by atoms with Gasteiger partial charge in [-0.15, -0.1) is 0 Å². The Morgan fingerprint density at radius 3 is 1.83 bits per heavy atom. The second kappa shape index (κ2) is 16.6. The number of aliphatic carboxylic acids is 2. The first kappa shape index (κ1) is 32.0. The van der Waals surface area contributed by atoms with Gasteiger partial charge in [-0.25, -0.2) is 0 Å². The minimum atomic E-state index is -0.833. The van der Waals surface area contributed by atoms with Gasteiger partial charge < -0.3 is 25.3 Å². The molecule has 2 atom stereocenters. The number of nitrogens with one attached hydrogen (secondary N) is 1. The average molecular weight is 495 g/mol. The number of hydrogen-bond donors (Lipinski definition) is 3. The van der Waals surface area contributed by atoms with Crippen molar-refractivity contribution in [2.24, 2.45) is 0 Å². The van der Waals surface area contributed by atoms with Gasteiger partial charge in [0.2, 0.25) is 11.8 Å². The normalized spacial score (nSPS) is 16.9. The van der Waals surface area contributed by atoms with Crippen molar-refractivity contribution in [3.8, 4) is 0 Å². The molecule has 0 unspecified atom stereocenters. The zero-order chi connectivity index (χ0) is 27.1. The number of carboxylic acid groups (broad SMARTS) is 2. The fourth-order valence-corrected chi connectivity index (χ4v) is 3.75. The Labute approximate surface area is 208 Å². The number of rotatable bonds is 8. The molecule has 1 heterocycles. The molecule has 2 rings (SSSR count). The number of nitrogens with zero attached hydrogens (tertiary/aromatic N) is 3. The summed E-state index contributed by atoms with van der Waals surface area (Å²) in [4.78, 5) is 48.1. The standard InChI is InChI=1S/C21H34N4O2.2C2H4O2/c1-16(26)22-13-20-11-10-19(25(20)5)12-21(27)24(4)15-18-9-7-6-8-17(18)14-23(2)3;2*1-2(3)4/h6-9,19-20H,10-15H2,1-5H3,(H,22,26);2*1H3,(H,3,4)/t19-,20+;;/m0../s1. The molecule has 1 fully saturated rings. The van der Waals surface area contributed by atoms with Crippen LogP contribution in [-0.4, -0.2) is 95.5 Å². The maximum absolute atomic E-state index is 12.8. The Bertz CT molecular complexity index is 810.